The number of rotatable bonds is 4. The van der Waals surface area contributed by atoms with Crippen molar-refractivity contribution in [1.29, 1.82) is 0 Å². The molecule has 0 bridgehead atoms. The van der Waals surface area contributed by atoms with Gasteiger partial charge >= 0.3 is 5.69 Å². The molecule has 2 aromatic rings. The van der Waals surface area contributed by atoms with Crippen molar-refractivity contribution >= 4 is 17.6 Å². The van der Waals surface area contributed by atoms with Crippen LogP contribution in [-0.2, 0) is 5.75 Å². The fourth-order valence-corrected chi connectivity index (χ4v) is 2.63. The second-order valence-electron chi connectivity index (χ2n) is 4.41. The molecule has 0 unspecified atom stereocenters. The molecule has 0 aliphatic heterocycles. The minimum atomic E-state index is -0.206. The van der Waals surface area contributed by atoms with Crippen molar-refractivity contribution < 1.29 is 0 Å². The van der Waals surface area contributed by atoms with E-state index in [1.54, 1.807) is 10.6 Å². The van der Waals surface area contributed by atoms with Crippen LogP contribution < -0.4 is 11.4 Å². The summed E-state index contributed by atoms with van der Waals surface area (Å²) in [7, 11) is 0. The maximum absolute atomic E-state index is 11.6. The van der Waals surface area contributed by atoms with Gasteiger partial charge in [0.2, 0.25) is 0 Å². The Morgan fingerprint density at radius 2 is 2.21 bits per heavy atom. The highest BCUT2D eigenvalue weighted by molar-refractivity contribution is 7.98. The van der Waals surface area contributed by atoms with E-state index in [1.807, 2.05) is 20.8 Å². The first-order valence-electron chi connectivity index (χ1n) is 5.87. The fraction of sp³-hybridized carbons (Fsp3) is 0.455. The van der Waals surface area contributed by atoms with Gasteiger partial charge < -0.3 is 5.73 Å². The number of nitrogens with zero attached hydrogens (tertiary/aromatic N) is 4. The molecule has 0 aliphatic rings. The second-order valence-corrected chi connectivity index (χ2v) is 5.36. The molecule has 0 amide bonds. The molecule has 19 heavy (non-hydrogen) atoms. The number of nitrogens with one attached hydrogen (secondary N) is 1. The minimum absolute atomic E-state index is 0.0530. The summed E-state index contributed by atoms with van der Waals surface area (Å²) >= 11 is 1.41. The number of aromatic nitrogens is 5. The number of nitrogen functional groups attached to an aromatic ring is 1. The van der Waals surface area contributed by atoms with Crippen molar-refractivity contribution in [2.24, 2.45) is 0 Å². The monoisotopic (exact) mass is 280 g/mol. The van der Waals surface area contributed by atoms with Crippen molar-refractivity contribution in [2.75, 3.05) is 5.73 Å². The van der Waals surface area contributed by atoms with Crippen LogP contribution in [0.2, 0.25) is 0 Å². The average molecular weight is 280 g/mol. The lowest BCUT2D eigenvalue weighted by molar-refractivity contribution is 0.534. The van der Waals surface area contributed by atoms with Crippen LogP contribution in [0, 0.1) is 6.92 Å². The van der Waals surface area contributed by atoms with E-state index in [1.165, 1.54) is 11.8 Å². The van der Waals surface area contributed by atoms with Crippen LogP contribution in [0.5, 0.6) is 0 Å². The minimum Gasteiger partial charge on any atom is -0.384 e. The van der Waals surface area contributed by atoms with E-state index >= 15 is 0 Å². The van der Waals surface area contributed by atoms with Gasteiger partial charge in [-0.15, -0.1) is 5.10 Å². The smallest absolute Gasteiger partial charge is 0.344 e. The first-order valence-corrected chi connectivity index (χ1v) is 6.85. The summed E-state index contributed by atoms with van der Waals surface area (Å²) in [6, 6.07) is 1.77. The molecule has 0 fully saturated rings. The molecule has 0 saturated heterocycles. The highest BCUT2D eigenvalue weighted by Gasteiger charge is 2.12. The Labute approximate surface area is 114 Å². The van der Waals surface area contributed by atoms with Gasteiger partial charge in [0.05, 0.1) is 5.75 Å². The van der Waals surface area contributed by atoms with Crippen LogP contribution in [0.3, 0.4) is 0 Å². The van der Waals surface area contributed by atoms with Gasteiger partial charge in [0.15, 0.2) is 5.16 Å². The molecule has 3 N–H and O–H groups in total. The predicted molar refractivity (Wildman–Crippen MR) is 74.0 cm³/mol. The van der Waals surface area contributed by atoms with E-state index in [0.29, 0.717) is 22.6 Å². The third kappa shape index (κ3) is 3.14. The Hall–Kier alpha value is -1.83. The molecule has 0 atom stereocenters. The number of anilines is 1. The molecule has 0 saturated carbocycles. The lowest BCUT2D eigenvalue weighted by atomic mass is 10.4. The standard InChI is InChI=1S/C11H16N6OS/c1-6(2)17-10(18)15-16-11(17)19-5-9-13-7(3)4-8(12)14-9/h4,6H,5H2,1-3H3,(H,15,18)(H2,12,13,14). The summed E-state index contributed by atoms with van der Waals surface area (Å²) < 4.78 is 1.60. The lowest BCUT2D eigenvalue weighted by Crippen LogP contribution is -2.19. The quantitative estimate of drug-likeness (QED) is 0.814. The first kappa shape index (κ1) is 13.6. The Bertz CT molecular complexity index is 612. The number of nitrogens with two attached hydrogens (primary N) is 1. The van der Waals surface area contributed by atoms with Crippen LogP contribution in [0.25, 0.3) is 0 Å². The van der Waals surface area contributed by atoms with E-state index in [2.05, 4.69) is 20.2 Å². The molecule has 0 aliphatic carbocycles. The van der Waals surface area contributed by atoms with Gasteiger partial charge in [-0.1, -0.05) is 11.8 Å². The van der Waals surface area contributed by atoms with Crippen molar-refractivity contribution in [3.05, 3.63) is 28.1 Å². The molecule has 2 rings (SSSR count). The Kier molecular flexibility index (Phi) is 3.89. The van der Waals surface area contributed by atoms with Crippen LogP contribution in [0.4, 0.5) is 5.82 Å². The van der Waals surface area contributed by atoms with Gasteiger partial charge in [-0.25, -0.2) is 19.9 Å². The summed E-state index contributed by atoms with van der Waals surface area (Å²) in [5, 5.41) is 7.08. The summed E-state index contributed by atoms with van der Waals surface area (Å²) in [5.41, 5.74) is 6.29. The largest absolute Gasteiger partial charge is 0.384 e. The van der Waals surface area contributed by atoms with Crippen molar-refractivity contribution in [3.63, 3.8) is 0 Å². The van der Waals surface area contributed by atoms with Gasteiger partial charge in [-0.3, -0.25) is 4.57 Å². The number of aryl methyl sites for hydroxylation is 1. The third-order valence-electron chi connectivity index (χ3n) is 2.44. The molecule has 2 aromatic heterocycles. The number of thioether (sulfide) groups is 1. The topological polar surface area (TPSA) is 102 Å². The number of hydrogen-bond donors (Lipinski definition) is 2. The highest BCUT2D eigenvalue weighted by Crippen LogP contribution is 2.20. The van der Waals surface area contributed by atoms with E-state index in [-0.39, 0.29) is 11.7 Å². The Morgan fingerprint density at radius 3 is 2.84 bits per heavy atom. The van der Waals surface area contributed by atoms with Crippen molar-refractivity contribution in [2.45, 2.75) is 37.7 Å². The fourth-order valence-electron chi connectivity index (χ4n) is 1.70. The predicted octanol–water partition coefficient (Wildman–Crippen LogP) is 1.13. The number of hydrogen-bond acceptors (Lipinski definition) is 6. The number of H-pyrrole nitrogens is 1. The second kappa shape index (κ2) is 5.43. The Morgan fingerprint density at radius 1 is 1.47 bits per heavy atom. The van der Waals surface area contributed by atoms with Gasteiger partial charge in [0, 0.05) is 17.8 Å². The molecule has 0 radical (unpaired) electrons. The van der Waals surface area contributed by atoms with Gasteiger partial charge in [-0.2, -0.15) is 0 Å². The first-order chi connectivity index (χ1) is 8.97. The molecule has 2 heterocycles. The zero-order valence-corrected chi connectivity index (χ0v) is 11.9. The van der Waals surface area contributed by atoms with Crippen LogP contribution >= 0.6 is 11.8 Å². The molecular weight excluding hydrogens is 264 g/mol. The van der Waals surface area contributed by atoms with Crippen molar-refractivity contribution in [3.8, 4) is 0 Å². The van der Waals surface area contributed by atoms with Crippen LogP contribution in [0.15, 0.2) is 16.0 Å². The van der Waals surface area contributed by atoms with Gasteiger partial charge in [0.1, 0.15) is 11.6 Å². The summed E-state index contributed by atoms with van der Waals surface area (Å²) in [6.45, 7) is 5.73. The summed E-state index contributed by atoms with van der Waals surface area (Å²) in [4.78, 5) is 20.0. The lowest BCUT2D eigenvalue weighted by Gasteiger charge is -2.08. The molecule has 102 valence electrons. The van der Waals surface area contributed by atoms with E-state index in [0.717, 1.165) is 5.69 Å². The summed E-state index contributed by atoms with van der Waals surface area (Å²) in [6.07, 6.45) is 0. The third-order valence-corrected chi connectivity index (χ3v) is 3.39. The SMILES string of the molecule is Cc1cc(N)nc(CSc2n[nH]c(=O)n2C(C)C)n1. The normalized spacial score (nSPS) is 11.2. The maximum Gasteiger partial charge on any atom is 0.344 e. The van der Waals surface area contributed by atoms with Crippen molar-refractivity contribution in [1.82, 2.24) is 24.7 Å². The van der Waals surface area contributed by atoms with E-state index < -0.39 is 0 Å². The molecule has 0 aromatic carbocycles. The molecule has 0 spiro atoms. The molecule has 8 heteroatoms. The van der Waals surface area contributed by atoms with E-state index in [4.69, 9.17) is 5.73 Å². The highest BCUT2D eigenvalue weighted by atomic mass is 32.2. The van der Waals surface area contributed by atoms with E-state index in [9.17, 15) is 4.79 Å². The zero-order chi connectivity index (χ0) is 14.0. The number of aromatic amines is 1. The Balaban J connectivity index is 2.17. The van der Waals surface area contributed by atoms with Crippen LogP contribution in [-0.4, -0.2) is 24.7 Å². The van der Waals surface area contributed by atoms with Gasteiger partial charge in [0.25, 0.3) is 0 Å². The molecular formula is C11H16N6OS. The maximum atomic E-state index is 11.6. The molecule has 7 nitrogen and oxygen atoms in total. The summed E-state index contributed by atoms with van der Waals surface area (Å²) in [5.74, 6) is 1.60. The van der Waals surface area contributed by atoms with Gasteiger partial charge in [-0.05, 0) is 20.8 Å². The average Bonchev–Trinajstić information content (AvgIpc) is 2.66. The zero-order valence-electron chi connectivity index (χ0n) is 11.0. The van der Waals surface area contributed by atoms with Crippen LogP contribution in [0.1, 0.15) is 31.4 Å².